The van der Waals surface area contributed by atoms with Crippen LogP contribution in [0.2, 0.25) is 0 Å². The number of nitrogens with two attached hydrogens (primary N) is 1. The van der Waals surface area contributed by atoms with Gasteiger partial charge in [0.05, 0.1) is 16.3 Å². The Kier molecular flexibility index (Phi) is 4.23. The lowest BCUT2D eigenvalue weighted by Crippen LogP contribution is -2.15. The molecule has 0 aliphatic heterocycles. The molecule has 0 spiro atoms. The zero-order valence-corrected chi connectivity index (χ0v) is 12.2. The lowest BCUT2D eigenvalue weighted by molar-refractivity contribution is 0.102. The van der Waals surface area contributed by atoms with Crippen molar-refractivity contribution in [2.24, 2.45) is 0 Å². The largest absolute Gasteiger partial charge is 0.397 e. The average Bonchev–Trinajstić information content (AvgIpc) is 2.48. The minimum absolute atomic E-state index is 0.0309. The quantitative estimate of drug-likeness (QED) is 0.895. The minimum atomic E-state index is -3.25. The molecule has 0 aliphatic rings. The van der Waals surface area contributed by atoms with E-state index in [0.717, 1.165) is 0 Å². The fourth-order valence-electron chi connectivity index (χ4n) is 1.71. The second-order valence-corrected chi connectivity index (χ2v) is 6.60. The van der Waals surface area contributed by atoms with E-state index in [1.807, 2.05) is 0 Å². The summed E-state index contributed by atoms with van der Waals surface area (Å²) in [6.07, 6.45) is 1.47. The summed E-state index contributed by atoms with van der Waals surface area (Å²) in [7, 11) is -3.25. The molecule has 0 radical (unpaired) electrons. The molecular weight excluding hydrogens is 290 g/mol. The van der Waals surface area contributed by atoms with Gasteiger partial charge in [0.15, 0.2) is 15.5 Å². The predicted molar refractivity (Wildman–Crippen MR) is 80.8 cm³/mol. The van der Waals surface area contributed by atoms with Gasteiger partial charge in [0.1, 0.15) is 0 Å². The van der Waals surface area contributed by atoms with Crippen LogP contribution in [0.5, 0.6) is 0 Å². The van der Waals surface area contributed by atoms with Crippen LogP contribution in [0, 0.1) is 0 Å². The number of anilines is 2. The molecule has 0 bridgehead atoms. The van der Waals surface area contributed by atoms with E-state index in [1.165, 1.54) is 30.5 Å². The van der Waals surface area contributed by atoms with Crippen molar-refractivity contribution >= 4 is 27.1 Å². The van der Waals surface area contributed by atoms with Gasteiger partial charge in [0.2, 0.25) is 0 Å². The number of benzene rings is 1. The van der Waals surface area contributed by atoms with Crippen LogP contribution in [0.15, 0.2) is 47.5 Å². The summed E-state index contributed by atoms with van der Waals surface area (Å²) in [5.41, 5.74) is 6.55. The average molecular weight is 305 g/mol. The van der Waals surface area contributed by atoms with E-state index in [9.17, 15) is 13.2 Å². The minimum Gasteiger partial charge on any atom is -0.397 e. The van der Waals surface area contributed by atoms with Crippen LogP contribution >= 0.6 is 0 Å². The van der Waals surface area contributed by atoms with Crippen LogP contribution < -0.4 is 11.1 Å². The molecule has 0 atom stereocenters. The molecular formula is C14H15N3O3S. The summed E-state index contributed by atoms with van der Waals surface area (Å²) in [4.78, 5) is 16.1. The Balaban J connectivity index is 2.18. The summed E-state index contributed by atoms with van der Waals surface area (Å²) in [6.45, 7) is 1.58. The first-order valence-corrected chi connectivity index (χ1v) is 7.94. The van der Waals surface area contributed by atoms with Crippen molar-refractivity contribution < 1.29 is 13.2 Å². The molecule has 1 amide bonds. The number of pyridine rings is 1. The van der Waals surface area contributed by atoms with Crippen LogP contribution in [-0.2, 0) is 9.84 Å². The number of sulfone groups is 1. The van der Waals surface area contributed by atoms with E-state index in [1.54, 1.807) is 19.1 Å². The van der Waals surface area contributed by atoms with E-state index in [4.69, 9.17) is 5.73 Å². The molecule has 7 heteroatoms. The number of hydrogen-bond donors (Lipinski definition) is 2. The van der Waals surface area contributed by atoms with E-state index in [0.29, 0.717) is 5.69 Å². The number of nitrogens with zero attached hydrogens (tertiary/aromatic N) is 1. The van der Waals surface area contributed by atoms with Gasteiger partial charge in [-0.1, -0.05) is 6.92 Å². The standard InChI is InChI=1S/C14H15N3O3S/c1-2-21(19,20)11-7-5-10(6-8-11)17-14(18)13-12(15)4-3-9-16-13/h3-9H,2,15H2,1H3,(H,17,18). The van der Waals surface area contributed by atoms with Gasteiger partial charge >= 0.3 is 0 Å². The molecule has 3 N–H and O–H groups in total. The van der Waals surface area contributed by atoms with Crippen molar-refractivity contribution in [2.45, 2.75) is 11.8 Å². The molecule has 0 saturated carbocycles. The first kappa shape index (κ1) is 15.0. The van der Waals surface area contributed by atoms with E-state index in [2.05, 4.69) is 10.3 Å². The van der Waals surface area contributed by atoms with Crippen LogP contribution in [-0.4, -0.2) is 25.1 Å². The Labute approximate surface area is 122 Å². The van der Waals surface area contributed by atoms with Gasteiger partial charge in [0.25, 0.3) is 5.91 Å². The molecule has 2 rings (SSSR count). The van der Waals surface area contributed by atoms with Gasteiger partial charge in [-0.25, -0.2) is 13.4 Å². The highest BCUT2D eigenvalue weighted by Gasteiger charge is 2.13. The maximum absolute atomic E-state index is 12.0. The van der Waals surface area contributed by atoms with Crippen molar-refractivity contribution in [3.8, 4) is 0 Å². The van der Waals surface area contributed by atoms with Gasteiger partial charge in [-0.05, 0) is 36.4 Å². The van der Waals surface area contributed by atoms with Gasteiger partial charge in [-0.3, -0.25) is 4.79 Å². The highest BCUT2D eigenvalue weighted by molar-refractivity contribution is 7.91. The zero-order valence-electron chi connectivity index (χ0n) is 11.4. The van der Waals surface area contributed by atoms with Crippen molar-refractivity contribution in [3.05, 3.63) is 48.3 Å². The molecule has 0 saturated heterocycles. The molecule has 0 fully saturated rings. The van der Waals surface area contributed by atoms with Crippen molar-refractivity contribution in [2.75, 3.05) is 16.8 Å². The molecule has 1 aromatic heterocycles. The molecule has 110 valence electrons. The maximum Gasteiger partial charge on any atom is 0.276 e. The highest BCUT2D eigenvalue weighted by atomic mass is 32.2. The number of nitrogen functional groups attached to an aromatic ring is 1. The molecule has 0 unspecified atom stereocenters. The third-order valence-electron chi connectivity index (χ3n) is 2.91. The summed E-state index contributed by atoms with van der Waals surface area (Å²) in [5.74, 6) is -0.414. The van der Waals surface area contributed by atoms with Gasteiger partial charge in [0, 0.05) is 11.9 Å². The Morgan fingerprint density at radius 3 is 2.48 bits per heavy atom. The first-order chi connectivity index (χ1) is 9.94. The molecule has 0 aliphatic carbocycles. The lowest BCUT2D eigenvalue weighted by Gasteiger charge is -2.07. The normalized spacial score (nSPS) is 11.1. The first-order valence-electron chi connectivity index (χ1n) is 6.28. The van der Waals surface area contributed by atoms with Crippen LogP contribution in [0.25, 0.3) is 0 Å². The molecule has 21 heavy (non-hydrogen) atoms. The third-order valence-corrected chi connectivity index (χ3v) is 4.66. The Hall–Kier alpha value is -2.41. The van der Waals surface area contributed by atoms with Crippen LogP contribution in [0.4, 0.5) is 11.4 Å². The Morgan fingerprint density at radius 1 is 1.24 bits per heavy atom. The number of carbonyl (C=O) groups is 1. The number of nitrogens with one attached hydrogen (secondary N) is 1. The topological polar surface area (TPSA) is 102 Å². The third kappa shape index (κ3) is 3.38. The molecule has 1 aromatic carbocycles. The fraction of sp³-hybridized carbons (Fsp3) is 0.143. The SMILES string of the molecule is CCS(=O)(=O)c1ccc(NC(=O)c2ncccc2N)cc1. The molecule has 6 nitrogen and oxygen atoms in total. The van der Waals surface area contributed by atoms with E-state index in [-0.39, 0.29) is 22.0 Å². The number of carbonyl (C=O) groups excluding carboxylic acids is 1. The summed E-state index contributed by atoms with van der Waals surface area (Å²) in [5, 5.41) is 2.62. The number of rotatable bonds is 4. The maximum atomic E-state index is 12.0. The van der Waals surface area contributed by atoms with Crippen LogP contribution in [0.1, 0.15) is 17.4 Å². The summed E-state index contributed by atoms with van der Waals surface area (Å²) < 4.78 is 23.4. The second kappa shape index (κ2) is 5.92. The Morgan fingerprint density at radius 2 is 1.90 bits per heavy atom. The van der Waals surface area contributed by atoms with Crippen molar-refractivity contribution in [3.63, 3.8) is 0 Å². The fourth-order valence-corrected chi connectivity index (χ4v) is 2.59. The van der Waals surface area contributed by atoms with Crippen molar-refractivity contribution in [1.82, 2.24) is 4.98 Å². The van der Waals surface area contributed by atoms with E-state index >= 15 is 0 Å². The zero-order chi connectivity index (χ0) is 15.5. The molecule has 2 aromatic rings. The molecule has 1 heterocycles. The van der Waals surface area contributed by atoms with Gasteiger partial charge < -0.3 is 11.1 Å². The second-order valence-electron chi connectivity index (χ2n) is 4.32. The number of aromatic nitrogens is 1. The van der Waals surface area contributed by atoms with E-state index < -0.39 is 15.7 Å². The number of hydrogen-bond acceptors (Lipinski definition) is 5. The van der Waals surface area contributed by atoms with Crippen LogP contribution in [0.3, 0.4) is 0 Å². The predicted octanol–water partition coefficient (Wildman–Crippen LogP) is 1.71. The lowest BCUT2D eigenvalue weighted by atomic mass is 10.2. The summed E-state index contributed by atoms with van der Waals surface area (Å²) >= 11 is 0. The highest BCUT2D eigenvalue weighted by Crippen LogP contribution is 2.16. The van der Waals surface area contributed by atoms with Crippen molar-refractivity contribution in [1.29, 1.82) is 0 Å². The number of amides is 1. The smallest absolute Gasteiger partial charge is 0.276 e. The Bertz CT molecular complexity index is 755. The monoisotopic (exact) mass is 305 g/mol. The summed E-state index contributed by atoms with van der Waals surface area (Å²) in [6, 6.07) is 9.18. The van der Waals surface area contributed by atoms with Gasteiger partial charge in [-0.15, -0.1) is 0 Å². The van der Waals surface area contributed by atoms with Gasteiger partial charge in [-0.2, -0.15) is 0 Å².